The summed E-state index contributed by atoms with van der Waals surface area (Å²) in [6.07, 6.45) is 72.6. The number of esters is 2. The minimum atomic E-state index is -4.39. The molecular formula is C64H117NO8P+. The van der Waals surface area contributed by atoms with Gasteiger partial charge in [0.1, 0.15) is 19.8 Å². The molecule has 0 spiro atoms. The number of phosphoric acid groups is 1. The van der Waals surface area contributed by atoms with Gasteiger partial charge in [0.15, 0.2) is 6.10 Å². The third-order valence-corrected chi connectivity index (χ3v) is 14.2. The second-order valence-electron chi connectivity index (χ2n) is 21.7. The lowest BCUT2D eigenvalue weighted by Crippen LogP contribution is -2.37. The zero-order valence-corrected chi connectivity index (χ0v) is 49.7. The lowest BCUT2D eigenvalue weighted by molar-refractivity contribution is -0.870. The first-order valence-corrected chi connectivity index (χ1v) is 32.2. The van der Waals surface area contributed by atoms with Gasteiger partial charge in [0, 0.05) is 12.8 Å². The number of allylic oxidation sites excluding steroid dienone is 12. The molecule has 2 atom stereocenters. The van der Waals surface area contributed by atoms with Gasteiger partial charge in [-0.2, -0.15) is 0 Å². The van der Waals surface area contributed by atoms with Crippen molar-refractivity contribution in [1.29, 1.82) is 0 Å². The highest BCUT2D eigenvalue weighted by Crippen LogP contribution is 2.43. The molecule has 0 saturated carbocycles. The molecule has 0 aliphatic rings. The Kier molecular flexibility index (Phi) is 53.3. The van der Waals surface area contributed by atoms with Gasteiger partial charge >= 0.3 is 19.8 Å². The normalized spacial score (nSPS) is 13.8. The van der Waals surface area contributed by atoms with Gasteiger partial charge in [0.05, 0.1) is 27.7 Å². The second kappa shape index (κ2) is 55.2. The maximum absolute atomic E-state index is 12.8. The first kappa shape index (κ1) is 71.5. The smallest absolute Gasteiger partial charge is 0.462 e. The monoisotopic (exact) mass is 1060 g/mol. The molecule has 0 amide bonds. The molecule has 0 aromatic heterocycles. The number of carbonyl (C=O) groups is 2. The zero-order chi connectivity index (χ0) is 54.2. The van der Waals surface area contributed by atoms with Crippen molar-refractivity contribution < 1.29 is 42.1 Å². The van der Waals surface area contributed by atoms with Gasteiger partial charge in [-0.1, -0.05) is 247 Å². The Morgan fingerprint density at radius 2 is 0.770 bits per heavy atom. The Hall–Kier alpha value is -2.55. The standard InChI is InChI=1S/C64H116NO8P/c1-6-8-10-12-14-16-18-20-22-24-26-28-29-30-31-32-33-34-35-37-39-41-43-45-47-49-51-53-55-57-64(67)73-62(61-72-74(68,69)71-59-58-65(3,4)5)60-70-63(66)56-54-52-50-48-46-44-42-40-38-36-27-25-23-21-19-17-15-13-11-9-7-2/h8,10,14,16,20,22,25-28,30-31,62H,6-7,9,11-13,15,17-19,21,23-24,29,32-61H2,1-5H3/p+1/b10-8-,16-14-,22-20-,27-25-,28-26-,31-30-. The first-order valence-electron chi connectivity index (χ1n) is 30.7. The highest BCUT2D eigenvalue weighted by Gasteiger charge is 2.27. The van der Waals surface area contributed by atoms with Crippen molar-refractivity contribution in [3.63, 3.8) is 0 Å². The van der Waals surface area contributed by atoms with Crippen molar-refractivity contribution in [3.05, 3.63) is 72.9 Å². The van der Waals surface area contributed by atoms with Gasteiger partial charge < -0.3 is 18.9 Å². The molecule has 0 aromatic carbocycles. The van der Waals surface area contributed by atoms with Gasteiger partial charge in [-0.15, -0.1) is 0 Å². The van der Waals surface area contributed by atoms with Crippen LogP contribution in [0.1, 0.15) is 271 Å². The molecule has 0 aliphatic heterocycles. The first-order chi connectivity index (χ1) is 36.0. The van der Waals surface area contributed by atoms with E-state index >= 15 is 0 Å². The van der Waals surface area contributed by atoms with E-state index in [9.17, 15) is 19.0 Å². The topological polar surface area (TPSA) is 108 Å². The van der Waals surface area contributed by atoms with E-state index in [2.05, 4.69) is 86.8 Å². The van der Waals surface area contributed by atoms with Crippen LogP contribution in [0.2, 0.25) is 0 Å². The molecule has 0 heterocycles. The predicted octanol–water partition coefficient (Wildman–Crippen LogP) is 19.3. The molecule has 1 N–H and O–H groups in total. The van der Waals surface area contributed by atoms with E-state index in [1.165, 1.54) is 167 Å². The Morgan fingerprint density at radius 1 is 0.432 bits per heavy atom. The van der Waals surface area contributed by atoms with Crippen LogP contribution in [-0.4, -0.2) is 74.9 Å². The maximum Gasteiger partial charge on any atom is 0.472 e. The molecule has 0 bridgehead atoms. The van der Waals surface area contributed by atoms with Gasteiger partial charge in [0.2, 0.25) is 0 Å². The number of ether oxygens (including phenoxy) is 2. The van der Waals surface area contributed by atoms with E-state index in [1.807, 2.05) is 21.1 Å². The van der Waals surface area contributed by atoms with Crippen molar-refractivity contribution in [2.75, 3.05) is 47.5 Å². The fraction of sp³-hybridized carbons (Fsp3) is 0.781. The lowest BCUT2D eigenvalue weighted by Gasteiger charge is -2.24. The van der Waals surface area contributed by atoms with Crippen molar-refractivity contribution in [3.8, 4) is 0 Å². The summed E-state index contributed by atoms with van der Waals surface area (Å²) in [6.45, 7) is 4.34. The van der Waals surface area contributed by atoms with Crippen molar-refractivity contribution >= 4 is 19.8 Å². The Bertz CT molecular complexity index is 1480. The number of quaternary nitrogens is 1. The summed E-state index contributed by atoms with van der Waals surface area (Å²) < 4.78 is 34.6. The number of nitrogens with zero attached hydrogens (tertiary/aromatic N) is 1. The molecule has 0 radical (unpaired) electrons. The Labute approximate surface area is 457 Å². The van der Waals surface area contributed by atoms with E-state index in [0.29, 0.717) is 17.4 Å². The number of phosphoric ester groups is 1. The molecule has 9 nitrogen and oxygen atoms in total. The lowest BCUT2D eigenvalue weighted by atomic mass is 10.0. The number of carbonyl (C=O) groups excluding carboxylic acids is 2. The van der Waals surface area contributed by atoms with E-state index in [1.54, 1.807) is 0 Å². The quantitative estimate of drug-likeness (QED) is 0.0211. The van der Waals surface area contributed by atoms with Crippen molar-refractivity contribution in [2.24, 2.45) is 0 Å². The molecule has 2 unspecified atom stereocenters. The van der Waals surface area contributed by atoms with Gasteiger partial charge in [-0.3, -0.25) is 18.6 Å². The summed E-state index contributed by atoms with van der Waals surface area (Å²) in [5.41, 5.74) is 0. The molecule has 0 saturated heterocycles. The van der Waals surface area contributed by atoms with Gasteiger partial charge in [-0.05, 0) is 83.5 Å². The van der Waals surface area contributed by atoms with E-state index < -0.39 is 26.5 Å². The summed E-state index contributed by atoms with van der Waals surface area (Å²) in [7, 11) is 1.48. The van der Waals surface area contributed by atoms with Crippen LogP contribution in [0.3, 0.4) is 0 Å². The number of hydrogen-bond donors (Lipinski definition) is 1. The van der Waals surface area contributed by atoms with Crippen LogP contribution in [-0.2, 0) is 32.7 Å². The fourth-order valence-corrected chi connectivity index (χ4v) is 9.25. The summed E-state index contributed by atoms with van der Waals surface area (Å²) >= 11 is 0. The largest absolute Gasteiger partial charge is 0.472 e. The molecule has 430 valence electrons. The van der Waals surface area contributed by atoms with Gasteiger partial charge in [-0.25, -0.2) is 4.57 Å². The zero-order valence-electron chi connectivity index (χ0n) is 48.8. The van der Waals surface area contributed by atoms with Crippen LogP contribution in [0.25, 0.3) is 0 Å². The summed E-state index contributed by atoms with van der Waals surface area (Å²) in [4.78, 5) is 35.7. The third-order valence-electron chi connectivity index (χ3n) is 13.2. The van der Waals surface area contributed by atoms with Crippen molar-refractivity contribution in [1.82, 2.24) is 0 Å². The summed E-state index contributed by atoms with van der Waals surface area (Å²) in [5, 5.41) is 0. The molecule has 0 aliphatic carbocycles. The minimum Gasteiger partial charge on any atom is -0.462 e. The predicted molar refractivity (Wildman–Crippen MR) is 316 cm³/mol. The van der Waals surface area contributed by atoms with Crippen LogP contribution >= 0.6 is 7.82 Å². The Morgan fingerprint density at radius 3 is 1.16 bits per heavy atom. The van der Waals surface area contributed by atoms with Crippen LogP contribution in [0.5, 0.6) is 0 Å². The summed E-state index contributed by atoms with van der Waals surface area (Å²) in [6, 6.07) is 0. The summed E-state index contributed by atoms with van der Waals surface area (Å²) in [5.74, 6) is -0.795. The maximum atomic E-state index is 12.8. The van der Waals surface area contributed by atoms with Crippen LogP contribution in [0.15, 0.2) is 72.9 Å². The number of unbranched alkanes of at least 4 members (excludes halogenated alkanes) is 30. The molecule has 74 heavy (non-hydrogen) atoms. The van der Waals surface area contributed by atoms with E-state index in [4.69, 9.17) is 18.5 Å². The molecule has 0 rings (SSSR count). The second-order valence-corrected chi connectivity index (χ2v) is 23.2. The number of likely N-dealkylation sites (N-methyl/N-ethyl adjacent to an activating group) is 1. The molecule has 0 fully saturated rings. The SMILES string of the molecule is CC/C=C\C/C=C\C/C=C\C/C=C\C/C=C\CCCCCCCCCCCCCCCC(=O)OC(COC(=O)CCCCCCCCCCC/C=C\CCCCCCCCCC)COP(=O)(O)OCC[N+](C)(C)C. The number of rotatable bonds is 56. The Balaban J connectivity index is 4.13. The fourth-order valence-electron chi connectivity index (χ4n) is 8.51. The van der Waals surface area contributed by atoms with Crippen LogP contribution in [0.4, 0.5) is 0 Å². The van der Waals surface area contributed by atoms with Gasteiger partial charge in [0.25, 0.3) is 0 Å². The molecular weight excluding hydrogens is 942 g/mol. The van der Waals surface area contributed by atoms with Crippen LogP contribution in [0, 0.1) is 0 Å². The van der Waals surface area contributed by atoms with Crippen LogP contribution < -0.4 is 0 Å². The average Bonchev–Trinajstić information content (AvgIpc) is 3.36. The highest BCUT2D eigenvalue weighted by molar-refractivity contribution is 7.47. The minimum absolute atomic E-state index is 0.0297. The number of hydrogen-bond acceptors (Lipinski definition) is 7. The van der Waals surface area contributed by atoms with E-state index in [-0.39, 0.29) is 32.0 Å². The molecule has 0 aromatic rings. The average molecular weight is 1060 g/mol. The van der Waals surface area contributed by atoms with Crippen molar-refractivity contribution in [2.45, 2.75) is 277 Å². The third kappa shape index (κ3) is 58.7. The highest BCUT2D eigenvalue weighted by atomic mass is 31.2. The molecule has 10 heteroatoms. The van der Waals surface area contributed by atoms with E-state index in [0.717, 1.165) is 70.6 Å².